The maximum Gasteiger partial charge on any atom is 0.256 e. The zero-order valence-electron chi connectivity index (χ0n) is 25.4. The number of amides is 1. The first-order valence-corrected chi connectivity index (χ1v) is 18.0. The van der Waals surface area contributed by atoms with Gasteiger partial charge in [0, 0.05) is 43.4 Å². The zero-order chi connectivity index (χ0) is 29.9. The topological polar surface area (TPSA) is 68.6 Å². The Labute approximate surface area is 249 Å². The van der Waals surface area contributed by atoms with Crippen LogP contribution < -0.4 is 10.1 Å². The lowest BCUT2D eigenvalue weighted by Crippen LogP contribution is -2.22. The third-order valence-corrected chi connectivity index (χ3v) is 8.95. The van der Waals surface area contributed by atoms with Gasteiger partial charge >= 0.3 is 0 Å². The number of fused-ring (bicyclic) bond motifs is 2. The monoisotopic (exact) mass is 580 g/mol. The van der Waals surface area contributed by atoms with Gasteiger partial charge in [-0.2, -0.15) is 5.10 Å². The normalized spacial score (nSPS) is 14.4. The van der Waals surface area contributed by atoms with Crippen LogP contribution in [0.1, 0.15) is 27.9 Å². The minimum atomic E-state index is -1.20. The van der Waals surface area contributed by atoms with E-state index in [9.17, 15) is 4.79 Å². The maximum absolute atomic E-state index is 12.9. The van der Waals surface area contributed by atoms with Crippen LogP contribution in [-0.2, 0) is 22.8 Å². The second kappa shape index (κ2) is 12.5. The molecule has 0 bridgehead atoms. The van der Waals surface area contributed by atoms with Crippen LogP contribution >= 0.6 is 0 Å². The first kappa shape index (κ1) is 29.5. The van der Waals surface area contributed by atoms with E-state index in [2.05, 4.69) is 92.5 Å². The summed E-state index contributed by atoms with van der Waals surface area (Å²) < 4.78 is 13.4. The number of aromatic nitrogens is 2. The van der Waals surface area contributed by atoms with Crippen LogP contribution in [0, 0.1) is 0 Å². The minimum absolute atomic E-state index is 0.123. The highest BCUT2D eigenvalue weighted by Crippen LogP contribution is 2.36. The number of benzene rings is 3. The molecule has 7 nitrogen and oxygen atoms in total. The lowest BCUT2D eigenvalue weighted by molar-refractivity contribution is -0.110. The molecule has 0 unspecified atom stereocenters. The summed E-state index contributed by atoms with van der Waals surface area (Å²) in [5, 5.41) is 8.92. The Kier molecular flexibility index (Phi) is 8.77. The molecule has 8 heteroatoms. The molecular formula is C34H40N4O3Si. The Morgan fingerprint density at radius 1 is 0.976 bits per heavy atom. The Morgan fingerprint density at radius 2 is 1.74 bits per heavy atom. The van der Waals surface area contributed by atoms with E-state index in [0.717, 1.165) is 51.6 Å². The molecule has 218 valence electrons. The Morgan fingerprint density at radius 3 is 2.45 bits per heavy atom. The maximum atomic E-state index is 12.9. The fourth-order valence-electron chi connectivity index (χ4n) is 4.94. The van der Waals surface area contributed by atoms with Crippen LogP contribution in [0.4, 0.5) is 5.69 Å². The van der Waals surface area contributed by atoms with E-state index in [1.807, 2.05) is 35.0 Å². The summed E-state index contributed by atoms with van der Waals surface area (Å²) in [6, 6.07) is 21.5. The zero-order valence-corrected chi connectivity index (χ0v) is 26.4. The van der Waals surface area contributed by atoms with E-state index in [-0.39, 0.29) is 5.91 Å². The van der Waals surface area contributed by atoms with Gasteiger partial charge in [-0.15, -0.1) is 0 Å². The molecule has 0 radical (unpaired) electrons. The van der Waals surface area contributed by atoms with Gasteiger partial charge in [0.05, 0.1) is 18.3 Å². The van der Waals surface area contributed by atoms with Gasteiger partial charge in [-0.3, -0.25) is 4.79 Å². The number of carbonyl (C=O) groups is 1. The molecule has 42 heavy (non-hydrogen) atoms. The number of anilines is 1. The van der Waals surface area contributed by atoms with Crippen molar-refractivity contribution >= 4 is 54.4 Å². The van der Waals surface area contributed by atoms with Gasteiger partial charge in [0.2, 0.25) is 0 Å². The van der Waals surface area contributed by atoms with Crippen molar-refractivity contribution in [2.24, 2.45) is 0 Å². The highest BCUT2D eigenvalue weighted by molar-refractivity contribution is 6.76. The van der Waals surface area contributed by atoms with Crippen LogP contribution in [0.5, 0.6) is 5.75 Å². The van der Waals surface area contributed by atoms with Crippen molar-refractivity contribution < 1.29 is 14.3 Å². The quantitative estimate of drug-likeness (QED) is 0.117. The van der Waals surface area contributed by atoms with Gasteiger partial charge in [-0.05, 0) is 79.3 Å². The van der Waals surface area contributed by atoms with Gasteiger partial charge in [-0.1, -0.05) is 56.0 Å². The summed E-state index contributed by atoms with van der Waals surface area (Å²) in [5.41, 5.74) is 7.39. The smallest absolute Gasteiger partial charge is 0.256 e. The number of hydrogen-bond acceptors (Lipinski definition) is 5. The van der Waals surface area contributed by atoms with E-state index >= 15 is 0 Å². The molecule has 2 heterocycles. The number of rotatable bonds is 11. The molecule has 0 atom stereocenters. The van der Waals surface area contributed by atoms with E-state index in [0.29, 0.717) is 24.7 Å². The standard InChI is InChI=1S/C34H40N4O3Si/c1-37(2)22-25-9-7-24(8-10-25)12-15-32-28-14-11-26(20-33(28)38(36-32)23-41-17-18-42(4,5)6)19-30-29-21-27(40-3)13-16-31(29)35-34(30)39/h7-16,19-21H,17-18,22-23H2,1-6H3,(H,35,39). The lowest BCUT2D eigenvalue weighted by atomic mass is 10.0. The van der Waals surface area contributed by atoms with Crippen molar-refractivity contribution in [1.82, 2.24) is 14.7 Å². The van der Waals surface area contributed by atoms with Gasteiger partial charge in [0.1, 0.15) is 12.5 Å². The van der Waals surface area contributed by atoms with Crippen LogP contribution in [-0.4, -0.2) is 56.5 Å². The third kappa shape index (κ3) is 7.07. The summed E-state index contributed by atoms with van der Waals surface area (Å²) in [6.07, 6.45) is 6.09. The number of hydrogen-bond donors (Lipinski definition) is 1. The SMILES string of the molecule is COc1ccc2c(c1)C(=Cc1ccc3c(C=Cc4ccc(CN(C)C)cc4)nn(COCC[Si](C)(C)C)c3c1)C(=O)N2. The summed E-state index contributed by atoms with van der Waals surface area (Å²) in [4.78, 5) is 15.0. The number of ether oxygens (including phenoxy) is 2. The van der Waals surface area contributed by atoms with Crippen LogP contribution in [0.15, 0.2) is 60.7 Å². The van der Waals surface area contributed by atoms with E-state index < -0.39 is 8.07 Å². The average molecular weight is 581 g/mol. The van der Waals surface area contributed by atoms with Crippen molar-refractivity contribution in [3.63, 3.8) is 0 Å². The van der Waals surface area contributed by atoms with Crippen molar-refractivity contribution in [2.45, 2.75) is 39.0 Å². The predicted octanol–water partition coefficient (Wildman–Crippen LogP) is 7.08. The predicted molar refractivity (Wildman–Crippen MR) is 176 cm³/mol. The Hall–Kier alpha value is -3.98. The van der Waals surface area contributed by atoms with Crippen LogP contribution in [0.3, 0.4) is 0 Å². The van der Waals surface area contributed by atoms with Gasteiger partial charge in [0.15, 0.2) is 0 Å². The summed E-state index contributed by atoms with van der Waals surface area (Å²) in [6.45, 7) is 9.04. The second-order valence-corrected chi connectivity index (χ2v) is 17.9. The minimum Gasteiger partial charge on any atom is -0.497 e. The van der Waals surface area contributed by atoms with Crippen LogP contribution in [0.25, 0.3) is 34.7 Å². The van der Waals surface area contributed by atoms with Crippen molar-refractivity contribution in [1.29, 1.82) is 0 Å². The number of nitrogens with one attached hydrogen (secondary N) is 1. The van der Waals surface area contributed by atoms with E-state index in [1.165, 1.54) is 5.56 Å². The van der Waals surface area contributed by atoms with Crippen molar-refractivity contribution in [3.8, 4) is 5.75 Å². The first-order chi connectivity index (χ1) is 20.1. The fourth-order valence-corrected chi connectivity index (χ4v) is 5.69. The number of nitrogens with zero attached hydrogens (tertiary/aromatic N) is 3. The highest BCUT2D eigenvalue weighted by Gasteiger charge is 2.24. The molecule has 0 spiro atoms. The molecule has 0 saturated heterocycles. The van der Waals surface area contributed by atoms with Gasteiger partial charge < -0.3 is 19.7 Å². The molecule has 4 aromatic rings. The highest BCUT2D eigenvalue weighted by atomic mass is 28.3. The molecular weight excluding hydrogens is 540 g/mol. The van der Waals surface area contributed by atoms with Gasteiger partial charge in [-0.25, -0.2) is 4.68 Å². The second-order valence-electron chi connectivity index (χ2n) is 12.2. The lowest BCUT2D eigenvalue weighted by Gasteiger charge is -2.15. The average Bonchev–Trinajstić information content (AvgIpc) is 3.45. The molecule has 1 aliphatic heterocycles. The first-order valence-electron chi connectivity index (χ1n) is 14.3. The summed E-state index contributed by atoms with van der Waals surface area (Å²) in [5.74, 6) is 0.589. The molecule has 0 fully saturated rings. The van der Waals surface area contributed by atoms with E-state index in [4.69, 9.17) is 14.6 Å². The Balaban J connectivity index is 1.47. The molecule has 0 aliphatic carbocycles. The molecule has 0 saturated carbocycles. The largest absolute Gasteiger partial charge is 0.497 e. The molecule has 1 aromatic heterocycles. The third-order valence-electron chi connectivity index (χ3n) is 7.25. The summed E-state index contributed by atoms with van der Waals surface area (Å²) >= 11 is 0. The molecule has 3 aromatic carbocycles. The molecule has 1 aliphatic rings. The molecule has 1 N–H and O–H groups in total. The van der Waals surface area contributed by atoms with Crippen LogP contribution in [0.2, 0.25) is 25.7 Å². The fraction of sp³-hybridized carbons (Fsp3) is 0.294. The Bertz CT molecular complexity index is 1650. The van der Waals surface area contributed by atoms with Crippen molar-refractivity contribution in [3.05, 3.63) is 88.6 Å². The molecule has 5 rings (SSSR count). The van der Waals surface area contributed by atoms with Gasteiger partial charge in [0.25, 0.3) is 5.91 Å². The number of methoxy groups -OCH3 is 1. The number of carbonyl (C=O) groups excluding carboxylic acids is 1. The summed E-state index contributed by atoms with van der Waals surface area (Å²) in [7, 11) is 4.57. The van der Waals surface area contributed by atoms with E-state index in [1.54, 1.807) is 7.11 Å². The molecule has 1 amide bonds. The van der Waals surface area contributed by atoms with Crippen molar-refractivity contribution in [2.75, 3.05) is 33.1 Å².